The van der Waals surface area contributed by atoms with Crippen molar-refractivity contribution in [3.05, 3.63) is 64.7 Å². The molecule has 10 heteroatoms. The number of nitrogens with zero attached hydrogens (tertiary/aromatic N) is 4. The fraction of sp³-hybridized carbons (Fsp3) is 0.211. The molecular weight excluding hydrogens is 394 g/mol. The number of para-hydroxylation sites is 1. The number of benzene rings is 2. The van der Waals surface area contributed by atoms with E-state index < -0.39 is 14.9 Å². The molecule has 4 rings (SSSR count). The highest BCUT2D eigenvalue weighted by molar-refractivity contribution is 7.89. The van der Waals surface area contributed by atoms with Gasteiger partial charge in [0.05, 0.1) is 15.3 Å². The Balaban J connectivity index is 1.55. The Labute approximate surface area is 167 Å². The third-order valence-corrected chi connectivity index (χ3v) is 5.91. The van der Waals surface area contributed by atoms with Crippen LogP contribution in [0.25, 0.3) is 10.9 Å². The number of piperazine rings is 1. The summed E-state index contributed by atoms with van der Waals surface area (Å²) in [5.41, 5.74) is 1.03. The third kappa shape index (κ3) is 3.84. The van der Waals surface area contributed by atoms with Gasteiger partial charge in [0, 0.05) is 37.6 Å². The summed E-state index contributed by atoms with van der Waals surface area (Å²) in [4.78, 5) is 19.3. The summed E-state index contributed by atoms with van der Waals surface area (Å²) in [5, 5.41) is 17.6. The zero-order chi connectivity index (χ0) is 20.6. The number of fused-ring (bicyclic) bond motifs is 1. The maximum atomic E-state index is 11.5. The SMILES string of the molecule is NS(=O)(=O)c1ccc(N2CCN(c3ccc4ccccc4n3)CC2)c([N+](=O)[O-])c1. The van der Waals surface area contributed by atoms with Gasteiger partial charge in [0.15, 0.2) is 0 Å². The van der Waals surface area contributed by atoms with Crippen molar-refractivity contribution < 1.29 is 13.3 Å². The second-order valence-corrected chi connectivity index (χ2v) is 8.35. The van der Waals surface area contributed by atoms with Crippen LogP contribution in [0.4, 0.5) is 17.2 Å². The number of nitro benzene ring substituents is 1. The second kappa shape index (κ2) is 7.30. The van der Waals surface area contributed by atoms with E-state index >= 15 is 0 Å². The number of primary sulfonamides is 1. The first-order valence-electron chi connectivity index (χ1n) is 9.00. The minimum atomic E-state index is -4.01. The molecule has 0 aliphatic carbocycles. The van der Waals surface area contributed by atoms with Crippen LogP contribution in [0.15, 0.2) is 59.5 Å². The van der Waals surface area contributed by atoms with Crippen molar-refractivity contribution in [3.8, 4) is 0 Å². The van der Waals surface area contributed by atoms with Crippen molar-refractivity contribution in [1.29, 1.82) is 0 Å². The van der Waals surface area contributed by atoms with Gasteiger partial charge in [-0.1, -0.05) is 18.2 Å². The van der Waals surface area contributed by atoms with Crippen LogP contribution < -0.4 is 14.9 Å². The van der Waals surface area contributed by atoms with E-state index in [1.165, 1.54) is 12.1 Å². The molecule has 29 heavy (non-hydrogen) atoms. The molecule has 1 aromatic heterocycles. The van der Waals surface area contributed by atoms with Crippen molar-refractivity contribution in [3.63, 3.8) is 0 Å². The number of nitrogens with two attached hydrogens (primary N) is 1. The highest BCUT2D eigenvalue weighted by atomic mass is 32.2. The van der Waals surface area contributed by atoms with Crippen LogP contribution in [0.3, 0.4) is 0 Å². The third-order valence-electron chi connectivity index (χ3n) is 5.00. The lowest BCUT2D eigenvalue weighted by molar-refractivity contribution is -0.384. The quantitative estimate of drug-likeness (QED) is 0.513. The summed E-state index contributed by atoms with van der Waals surface area (Å²) in [7, 11) is -4.01. The van der Waals surface area contributed by atoms with Gasteiger partial charge in [0.25, 0.3) is 5.69 Å². The molecule has 1 fully saturated rings. The summed E-state index contributed by atoms with van der Waals surface area (Å²) >= 11 is 0. The summed E-state index contributed by atoms with van der Waals surface area (Å²) < 4.78 is 23.0. The van der Waals surface area contributed by atoms with E-state index in [-0.39, 0.29) is 10.6 Å². The molecule has 0 spiro atoms. The molecule has 0 bridgehead atoms. The van der Waals surface area contributed by atoms with Gasteiger partial charge in [-0.15, -0.1) is 0 Å². The first-order chi connectivity index (χ1) is 13.8. The van der Waals surface area contributed by atoms with Gasteiger partial charge < -0.3 is 9.80 Å². The Hall–Kier alpha value is -3.24. The van der Waals surface area contributed by atoms with Gasteiger partial charge in [-0.3, -0.25) is 10.1 Å². The molecule has 0 saturated carbocycles. The van der Waals surface area contributed by atoms with Crippen molar-refractivity contribution in [2.24, 2.45) is 5.14 Å². The van der Waals surface area contributed by atoms with E-state index in [0.29, 0.717) is 31.9 Å². The fourth-order valence-electron chi connectivity index (χ4n) is 3.50. The van der Waals surface area contributed by atoms with Crippen LogP contribution in [0.5, 0.6) is 0 Å². The van der Waals surface area contributed by atoms with Crippen LogP contribution in [-0.2, 0) is 10.0 Å². The molecule has 1 saturated heterocycles. The van der Waals surface area contributed by atoms with Gasteiger partial charge in [-0.2, -0.15) is 0 Å². The number of pyridine rings is 1. The van der Waals surface area contributed by atoms with Gasteiger partial charge in [-0.05, 0) is 30.3 Å². The molecule has 0 atom stereocenters. The molecule has 2 heterocycles. The Morgan fingerprint density at radius 1 is 0.966 bits per heavy atom. The lowest BCUT2D eigenvalue weighted by Crippen LogP contribution is -2.47. The maximum Gasteiger partial charge on any atom is 0.293 e. The molecular formula is C19H19N5O4S. The van der Waals surface area contributed by atoms with Crippen LogP contribution >= 0.6 is 0 Å². The topological polar surface area (TPSA) is 123 Å². The highest BCUT2D eigenvalue weighted by Crippen LogP contribution is 2.31. The van der Waals surface area contributed by atoms with Gasteiger partial charge in [0.1, 0.15) is 11.5 Å². The number of sulfonamides is 1. The van der Waals surface area contributed by atoms with Crippen LogP contribution in [0.2, 0.25) is 0 Å². The molecule has 2 N–H and O–H groups in total. The smallest absolute Gasteiger partial charge is 0.293 e. The molecule has 1 aliphatic rings. The molecule has 9 nitrogen and oxygen atoms in total. The van der Waals surface area contributed by atoms with Crippen molar-refractivity contribution in [2.75, 3.05) is 36.0 Å². The van der Waals surface area contributed by atoms with E-state index in [1.54, 1.807) is 0 Å². The largest absolute Gasteiger partial charge is 0.362 e. The monoisotopic (exact) mass is 413 g/mol. The minimum Gasteiger partial charge on any atom is -0.362 e. The van der Waals surface area contributed by atoms with E-state index in [2.05, 4.69) is 4.90 Å². The number of hydrogen-bond donors (Lipinski definition) is 1. The lowest BCUT2D eigenvalue weighted by Gasteiger charge is -2.36. The predicted octanol–water partition coefficient (Wildman–Crippen LogP) is 2.12. The highest BCUT2D eigenvalue weighted by Gasteiger charge is 2.26. The summed E-state index contributed by atoms with van der Waals surface area (Å²) in [6.07, 6.45) is 0. The lowest BCUT2D eigenvalue weighted by atomic mass is 10.2. The van der Waals surface area contributed by atoms with Crippen molar-refractivity contribution >= 4 is 38.1 Å². The molecule has 0 amide bonds. The average molecular weight is 413 g/mol. The first-order valence-corrected chi connectivity index (χ1v) is 10.5. The first kappa shape index (κ1) is 19.1. The molecule has 1 aliphatic heterocycles. The van der Waals surface area contributed by atoms with Gasteiger partial charge >= 0.3 is 0 Å². The summed E-state index contributed by atoms with van der Waals surface area (Å²) in [6.45, 7) is 2.37. The molecule has 0 unspecified atom stereocenters. The zero-order valence-corrected chi connectivity index (χ0v) is 16.2. The minimum absolute atomic E-state index is 0.270. The Kier molecular flexibility index (Phi) is 4.81. The van der Waals surface area contributed by atoms with Crippen molar-refractivity contribution in [1.82, 2.24) is 4.98 Å². The maximum absolute atomic E-state index is 11.5. The molecule has 0 radical (unpaired) electrons. The molecule has 150 valence electrons. The number of aromatic nitrogens is 1. The second-order valence-electron chi connectivity index (χ2n) is 6.79. The van der Waals surface area contributed by atoms with Crippen molar-refractivity contribution in [2.45, 2.75) is 4.90 Å². The number of hydrogen-bond acceptors (Lipinski definition) is 7. The fourth-order valence-corrected chi connectivity index (χ4v) is 4.04. The zero-order valence-electron chi connectivity index (χ0n) is 15.4. The van der Waals surface area contributed by atoms with Crippen LogP contribution in [0, 0.1) is 10.1 Å². The van der Waals surface area contributed by atoms with E-state index in [0.717, 1.165) is 22.8 Å². The number of rotatable bonds is 4. The average Bonchev–Trinajstić information content (AvgIpc) is 2.72. The number of nitro groups is 1. The Morgan fingerprint density at radius 2 is 1.66 bits per heavy atom. The predicted molar refractivity (Wildman–Crippen MR) is 111 cm³/mol. The molecule has 2 aromatic carbocycles. The van der Waals surface area contributed by atoms with E-state index in [1.807, 2.05) is 41.3 Å². The Bertz CT molecular complexity index is 1190. The standard InChI is InChI=1S/C19H19N5O4S/c20-29(27,28)15-6-7-17(18(13-15)24(25)26)22-9-11-23(12-10-22)19-8-5-14-3-1-2-4-16(14)21-19/h1-8,13H,9-12H2,(H2,20,27,28). The normalized spacial score (nSPS) is 14.9. The summed E-state index contributed by atoms with van der Waals surface area (Å²) in [6, 6.07) is 15.7. The van der Waals surface area contributed by atoms with E-state index in [9.17, 15) is 18.5 Å². The summed E-state index contributed by atoms with van der Waals surface area (Å²) in [5.74, 6) is 0.863. The van der Waals surface area contributed by atoms with Gasteiger partial charge in [-0.25, -0.2) is 18.5 Å². The van der Waals surface area contributed by atoms with Gasteiger partial charge in [0.2, 0.25) is 10.0 Å². The van der Waals surface area contributed by atoms with Crippen LogP contribution in [0.1, 0.15) is 0 Å². The molecule has 3 aromatic rings. The van der Waals surface area contributed by atoms with E-state index in [4.69, 9.17) is 10.1 Å². The number of anilines is 2. The van der Waals surface area contributed by atoms with Crippen LogP contribution in [-0.4, -0.2) is 44.5 Å². The Morgan fingerprint density at radius 3 is 2.34 bits per heavy atom.